The van der Waals surface area contributed by atoms with Gasteiger partial charge in [-0.1, -0.05) is 6.92 Å². The molecule has 2 aliphatic heterocycles. The SMILES string of the molecule is C[C@H]1C([C@H](O)[C@H](O)CO)O[C@](OP(=O)([O-])OC[C@H]2O[C@@H](n3ccc(N)nc3=O)C(O)[C@H]2O)(C(=O)O)C[C@H]1O. The number of ether oxygens (including phenoxy) is 2. The van der Waals surface area contributed by atoms with Gasteiger partial charge in [0.05, 0.1) is 25.4 Å². The van der Waals surface area contributed by atoms with Crippen molar-refractivity contribution in [3.8, 4) is 0 Å². The third kappa shape index (κ3) is 6.22. The van der Waals surface area contributed by atoms with Crippen molar-refractivity contribution in [3.05, 3.63) is 22.7 Å². The van der Waals surface area contributed by atoms with Crippen LogP contribution in [0.15, 0.2) is 17.1 Å². The number of aliphatic hydroxyl groups excluding tert-OH is 6. The van der Waals surface area contributed by atoms with Gasteiger partial charge in [-0.2, -0.15) is 4.98 Å². The van der Waals surface area contributed by atoms with Crippen LogP contribution in [0.2, 0.25) is 0 Å². The lowest BCUT2D eigenvalue weighted by atomic mass is 9.85. The molecule has 3 rings (SSSR count). The van der Waals surface area contributed by atoms with Gasteiger partial charge in [0.1, 0.15) is 36.3 Å². The number of nitrogens with two attached hydrogens (primary N) is 1. The average molecular weight is 570 g/mol. The second-order valence-corrected chi connectivity index (χ2v) is 10.3. The number of phosphoric ester groups is 1. The Balaban J connectivity index is 1.74. The fourth-order valence-corrected chi connectivity index (χ4v) is 5.03. The van der Waals surface area contributed by atoms with Crippen LogP contribution in [-0.2, 0) is 27.9 Å². The number of nitrogens with zero attached hydrogens (tertiary/aromatic N) is 2. The van der Waals surface area contributed by atoms with Gasteiger partial charge in [0, 0.05) is 18.5 Å². The molecule has 0 aromatic carbocycles. The molecule has 11 atom stereocenters. The fourth-order valence-electron chi connectivity index (χ4n) is 4.09. The summed E-state index contributed by atoms with van der Waals surface area (Å²) in [7, 11) is -5.65. The summed E-state index contributed by atoms with van der Waals surface area (Å²) >= 11 is 0. The lowest BCUT2D eigenvalue weighted by Crippen LogP contribution is -2.61. The fraction of sp³-hybridized carbons (Fsp3) is 0.737. The number of aromatic nitrogens is 2. The van der Waals surface area contributed by atoms with Crippen molar-refractivity contribution in [2.75, 3.05) is 18.9 Å². The number of rotatable bonds is 10. The van der Waals surface area contributed by atoms with Crippen LogP contribution in [0.1, 0.15) is 19.6 Å². The van der Waals surface area contributed by atoms with E-state index in [4.69, 9.17) is 20.3 Å². The van der Waals surface area contributed by atoms with Crippen LogP contribution < -0.4 is 16.3 Å². The molecule has 0 amide bonds. The van der Waals surface area contributed by atoms with E-state index in [1.807, 2.05) is 0 Å². The summed E-state index contributed by atoms with van der Waals surface area (Å²) in [6, 6.07) is 1.21. The van der Waals surface area contributed by atoms with Gasteiger partial charge in [0.15, 0.2) is 6.23 Å². The first-order valence-electron chi connectivity index (χ1n) is 11.2. The summed E-state index contributed by atoms with van der Waals surface area (Å²) in [5.74, 6) is -6.28. The van der Waals surface area contributed by atoms with Gasteiger partial charge in [0.25, 0.3) is 13.6 Å². The van der Waals surface area contributed by atoms with Crippen molar-refractivity contribution in [2.24, 2.45) is 5.92 Å². The predicted octanol–water partition coefficient (Wildman–Crippen LogP) is -4.77. The second-order valence-electron chi connectivity index (χ2n) is 8.93. The lowest BCUT2D eigenvalue weighted by Gasteiger charge is -2.46. The molecule has 0 aliphatic carbocycles. The quantitative estimate of drug-likeness (QED) is 0.122. The molecule has 1 aromatic heterocycles. The summed E-state index contributed by atoms with van der Waals surface area (Å²) in [6.07, 6.45) is -13.4. The highest BCUT2D eigenvalue weighted by Gasteiger charge is 2.56. The van der Waals surface area contributed by atoms with Crippen molar-refractivity contribution in [2.45, 2.75) is 68.1 Å². The van der Waals surface area contributed by atoms with Crippen LogP contribution in [0.4, 0.5) is 5.82 Å². The minimum Gasteiger partial charge on any atom is -0.756 e. The summed E-state index contributed by atoms with van der Waals surface area (Å²) in [5.41, 5.74) is 4.47. The van der Waals surface area contributed by atoms with Crippen LogP contribution in [0.25, 0.3) is 0 Å². The van der Waals surface area contributed by atoms with E-state index in [-0.39, 0.29) is 5.82 Å². The Hall–Kier alpha value is -2.06. The molecule has 19 heteroatoms. The Kier molecular flexibility index (Phi) is 9.29. The summed E-state index contributed by atoms with van der Waals surface area (Å²) in [4.78, 5) is 40.1. The third-order valence-electron chi connectivity index (χ3n) is 6.29. The smallest absolute Gasteiger partial charge is 0.364 e. The molecule has 2 fully saturated rings. The summed E-state index contributed by atoms with van der Waals surface area (Å²) < 4.78 is 33.2. The molecule has 38 heavy (non-hydrogen) atoms. The number of hydrogen-bond donors (Lipinski definition) is 8. The normalized spacial score (nSPS) is 36.9. The standard InChI is InChI=1S/C19H30N3O15P/c1-7-8(24)4-19(17(29)30,36-15(7)12(26)9(25)5-23)37-38(32,33)34-6-10-13(27)14(28)16(35-10)22-3-2-11(20)21-18(22)31/h2-3,7-10,12-16,23-28H,4-6H2,1H3,(H,29,30)(H,32,33)(H2,20,21,31)/p-1/t7-,8-,9-,10-,12-,13+,14?,15?,16-,19-/m1/s1. The van der Waals surface area contributed by atoms with E-state index in [9.17, 15) is 49.7 Å². The topological polar surface area (TPSA) is 297 Å². The number of carbonyl (C=O) groups is 1. The Morgan fingerprint density at radius 3 is 2.61 bits per heavy atom. The van der Waals surface area contributed by atoms with E-state index < -0.39 is 99.8 Å². The molecule has 0 radical (unpaired) electrons. The molecule has 9 N–H and O–H groups in total. The molecule has 1 aromatic rings. The first-order valence-corrected chi connectivity index (χ1v) is 12.7. The minimum absolute atomic E-state index is 0.124. The van der Waals surface area contributed by atoms with Gasteiger partial charge in [-0.05, 0) is 6.07 Å². The highest BCUT2D eigenvalue weighted by molar-refractivity contribution is 7.45. The Morgan fingerprint density at radius 1 is 1.37 bits per heavy atom. The van der Waals surface area contributed by atoms with E-state index in [0.29, 0.717) is 0 Å². The van der Waals surface area contributed by atoms with E-state index in [2.05, 4.69) is 14.0 Å². The van der Waals surface area contributed by atoms with Crippen LogP contribution in [-0.4, -0.2) is 113 Å². The Morgan fingerprint density at radius 2 is 2.03 bits per heavy atom. The molecule has 216 valence electrons. The molecule has 2 saturated heterocycles. The first kappa shape index (κ1) is 30.5. The Bertz CT molecular complexity index is 1110. The van der Waals surface area contributed by atoms with Crippen LogP contribution in [0.3, 0.4) is 0 Å². The van der Waals surface area contributed by atoms with Crippen molar-refractivity contribution >= 4 is 19.6 Å². The zero-order valence-corrected chi connectivity index (χ0v) is 20.7. The molecular formula is C19H29N3O15P-. The summed E-state index contributed by atoms with van der Waals surface area (Å²) in [5, 5.41) is 69.6. The average Bonchev–Trinajstić information content (AvgIpc) is 3.12. The number of nitrogen functional groups attached to an aromatic ring is 1. The molecule has 3 heterocycles. The largest absolute Gasteiger partial charge is 0.756 e. The van der Waals surface area contributed by atoms with E-state index in [1.165, 1.54) is 13.0 Å². The highest BCUT2D eigenvalue weighted by atomic mass is 31.2. The van der Waals surface area contributed by atoms with Gasteiger partial charge in [-0.15, -0.1) is 0 Å². The van der Waals surface area contributed by atoms with E-state index >= 15 is 0 Å². The second kappa shape index (κ2) is 11.6. The minimum atomic E-state index is -5.65. The van der Waals surface area contributed by atoms with E-state index in [0.717, 1.165) is 10.8 Å². The zero-order chi connectivity index (χ0) is 28.6. The maximum atomic E-state index is 12.6. The number of aliphatic carboxylic acids is 1. The Labute approximate surface area is 214 Å². The van der Waals surface area contributed by atoms with Gasteiger partial charge in [0.2, 0.25) is 0 Å². The number of aliphatic hydroxyl groups is 6. The monoisotopic (exact) mass is 570 g/mol. The number of anilines is 1. The number of hydrogen-bond acceptors (Lipinski definition) is 16. The molecular weight excluding hydrogens is 541 g/mol. The van der Waals surface area contributed by atoms with Crippen molar-refractivity contribution in [1.29, 1.82) is 0 Å². The lowest BCUT2D eigenvalue weighted by molar-refractivity contribution is -0.318. The molecule has 18 nitrogen and oxygen atoms in total. The number of carboxylic acid groups (broad SMARTS) is 1. The maximum absolute atomic E-state index is 12.6. The van der Waals surface area contributed by atoms with Gasteiger partial charge in [-0.3, -0.25) is 13.7 Å². The van der Waals surface area contributed by atoms with Crippen LogP contribution >= 0.6 is 7.82 Å². The van der Waals surface area contributed by atoms with Crippen molar-refractivity contribution in [1.82, 2.24) is 9.55 Å². The van der Waals surface area contributed by atoms with Gasteiger partial charge in [-0.25, -0.2) is 9.59 Å². The van der Waals surface area contributed by atoms with Crippen molar-refractivity contribution in [3.63, 3.8) is 0 Å². The predicted molar refractivity (Wildman–Crippen MR) is 118 cm³/mol. The van der Waals surface area contributed by atoms with Gasteiger partial charge < -0.3 is 60.4 Å². The van der Waals surface area contributed by atoms with Crippen LogP contribution in [0.5, 0.6) is 0 Å². The third-order valence-corrected chi connectivity index (χ3v) is 7.28. The molecule has 0 saturated carbocycles. The molecule has 0 bridgehead atoms. The molecule has 3 unspecified atom stereocenters. The van der Waals surface area contributed by atoms with Crippen LogP contribution in [0, 0.1) is 5.92 Å². The van der Waals surface area contributed by atoms with Crippen molar-refractivity contribution < 1.29 is 68.5 Å². The molecule has 2 aliphatic rings. The number of phosphoric acid groups is 1. The van der Waals surface area contributed by atoms with Gasteiger partial charge >= 0.3 is 11.7 Å². The highest BCUT2D eigenvalue weighted by Crippen LogP contribution is 2.49. The first-order chi connectivity index (χ1) is 17.6. The maximum Gasteiger partial charge on any atom is 0.364 e. The number of carboxylic acids is 1. The van der Waals surface area contributed by atoms with E-state index in [1.54, 1.807) is 0 Å². The summed E-state index contributed by atoms with van der Waals surface area (Å²) in [6.45, 7) is -0.649. The zero-order valence-electron chi connectivity index (χ0n) is 19.8. The molecule has 0 spiro atoms.